The summed E-state index contributed by atoms with van der Waals surface area (Å²) in [4.78, 5) is 4.68. The van der Waals surface area contributed by atoms with Gasteiger partial charge in [0.25, 0.3) is 0 Å². The average Bonchev–Trinajstić information content (AvgIpc) is 3.37. The smallest absolute Gasteiger partial charge is 0.175 e. The zero-order valence-corrected chi connectivity index (χ0v) is 21.0. The number of hydrogen-bond acceptors (Lipinski definition) is 4. The molecule has 1 N–H and O–H groups in total. The topological polar surface area (TPSA) is 42.8 Å². The number of methoxy groups -OCH3 is 1. The van der Waals surface area contributed by atoms with E-state index < -0.39 is 0 Å². The molecule has 3 aromatic carbocycles. The molecule has 2 aliphatic rings. The first kappa shape index (κ1) is 22.5. The van der Waals surface area contributed by atoms with Gasteiger partial charge < -0.3 is 14.8 Å². The lowest BCUT2D eigenvalue weighted by molar-refractivity contribution is 0.328. The molecule has 1 aliphatic carbocycles. The third-order valence-electron chi connectivity index (χ3n) is 6.44. The Morgan fingerprint density at radius 3 is 2.79 bits per heavy atom. The number of nitrogens with one attached hydrogen (secondary N) is 1. The SMILES string of the molecule is C#CCOc1c(I)cc(C=Nc2ccc([C@@H]3Nc4ccccc4[C@H]4C=CC[C@H]43)cc2)cc1OC. The molecule has 34 heavy (non-hydrogen) atoms. The molecule has 0 bridgehead atoms. The number of allylic oxidation sites excluding steroid dienone is 2. The van der Waals surface area contributed by atoms with Gasteiger partial charge in [-0.2, -0.15) is 0 Å². The van der Waals surface area contributed by atoms with Crippen molar-refractivity contribution in [3.05, 3.63) is 93.1 Å². The molecule has 0 fully saturated rings. The molecular weight excluding hydrogens is 535 g/mol. The van der Waals surface area contributed by atoms with Gasteiger partial charge in [0.15, 0.2) is 11.5 Å². The normalized spacial score (nSPS) is 20.3. The van der Waals surface area contributed by atoms with Gasteiger partial charge >= 0.3 is 0 Å². The molecule has 0 saturated heterocycles. The van der Waals surface area contributed by atoms with Crippen LogP contribution in [0.2, 0.25) is 0 Å². The standard InChI is InChI=1S/C29H25IN2O2/c1-3-15-34-29-25(30)16-19(17-27(29)33-2)18-31-21-13-11-20(12-14-21)28-24-9-6-8-22(24)23-7-4-5-10-26(23)32-28/h1,4-8,10-14,16-18,22,24,28,32H,9,15H2,2H3/t22-,24-,28+/m1/s1. The van der Waals surface area contributed by atoms with E-state index in [2.05, 4.69) is 99.5 Å². The maximum absolute atomic E-state index is 5.62. The molecule has 3 aromatic rings. The van der Waals surface area contributed by atoms with Crippen molar-refractivity contribution >= 4 is 40.2 Å². The first-order chi connectivity index (χ1) is 16.7. The maximum atomic E-state index is 5.62. The molecule has 0 aromatic heterocycles. The largest absolute Gasteiger partial charge is 0.493 e. The Kier molecular flexibility index (Phi) is 6.59. The highest BCUT2D eigenvalue weighted by Gasteiger charge is 2.37. The van der Waals surface area contributed by atoms with Gasteiger partial charge in [0.2, 0.25) is 0 Å². The average molecular weight is 560 g/mol. The van der Waals surface area contributed by atoms with Crippen LogP contribution >= 0.6 is 22.6 Å². The second kappa shape index (κ2) is 9.94. The highest BCUT2D eigenvalue weighted by molar-refractivity contribution is 14.1. The number of ether oxygens (including phenoxy) is 2. The fourth-order valence-electron chi connectivity index (χ4n) is 4.86. The first-order valence-corrected chi connectivity index (χ1v) is 12.4. The lowest BCUT2D eigenvalue weighted by Crippen LogP contribution is -2.28. The highest BCUT2D eigenvalue weighted by Crippen LogP contribution is 2.49. The number of para-hydroxylation sites is 1. The molecule has 1 heterocycles. The number of anilines is 1. The van der Waals surface area contributed by atoms with E-state index in [1.165, 1.54) is 16.8 Å². The number of rotatable bonds is 6. The van der Waals surface area contributed by atoms with E-state index in [9.17, 15) is 0 Å². The molecule has 5 rings (SSSR count). The van der Waals surface area contributed by atoms with E-state index in [1.807, 2.05) is 18.3 Å². The molecule has 0 radical (unpaired) electrons. The van der Waals surface area contributed by atoms with Crippen LogP contribution in [0.5, 0.6) is 11.5 Å². The van der Waals surface area contributed by atoms with Crippen LogP contribution in [-0.2, 0) is 0 Å². The van der Waals surface area contributed by atoms with Crippen molar-refractivity contribution in [2.75, 3.05) is 19.0 Å². The molecular formula is C29H25IN2O2. The molecule has 1 aliphatic heterocycles. The molecule has 0 unspecified atom stereocenters. The van der Waals surface area contributed by atoms with Crippen molar-refractivity contribution in [1.82, 2.24) is 0 Å². The molecule has 0 saturated carbocycles. The van der Waals surface area contributed by atoms with Crippen molar-refractivity contribution in [1.29, 1.82) is 0 Å². The predicted octanol–water partition coefficient (Wildman–Crippen LogP) is 6.89. The van der Waals surface area contributed by atoms with E-state index in [4.69, 9.17) is 15.9 Å². The van der Waals surface area contributed by atoms with E-state index >= 15 is 0 Å². The summed E-state index contributed by atoms with van der Waals surface area (Å²) in [6.45, 7) is 0.200. The summed E-state index contributed by atoms with van der Waals surface area (Å²) in [5, 5.41) is 3.78. The van der Waals surface area contributed by atoms with Gasteiger partial charge in [-0.15, -0.1) is 6.42 Å². The second-order valence-corrected chi connectivity index (χ2v) is 9.60. The molecule has 0 spiro atoms. The van der Waals surface area contributed by atoms with Gasteiger partial charge in [-0.1, -0.05) is 48.4 Å². The minimum atomic E-state index is 0.200. The van der Waals surface area contributed by atoms with Crippen LogP contribution in [0.1, 0.15) is 35.1 Å². The molecule has 3 atom stereocenters. The fraction of sp³-hybridized carbons (Fsp3) is 0.207. The van der Waals surface area contributed by atoms with Crippen LogP contribution < -0.4 is 14.8 Å². The van der Waals surface area contributed by atoms with Gasteiger partial charge in [-0.3, -0.25) is 4.99 Å². The zero-order valence-electron chi connectivity index (χ0n) is 18.9. The molecule has 170 valence electrons. The van der Waals surface area contributed by atoms with E-state index in [0.29, 0.717) is 23.3 Å². The Morgan fingerprint density at radius 1 is 1.18 bits per heavy atom. The highest BCUT2D eigenvalue weighted by atomic mass is 127. The van der Waals surface area contributed by atoms with Crippen molar-refractivity contribution in [3.63, 3.8) is 0 Å². The number of nitrogens with zero attached hydrogens (tertiary/aromatic N) is 1. The monoisotopic (exact) mass is 560 g/mol. The number of hydrogen-bond donors (Lipinski definition) is 1. The van der Waals surface area contributed by atoms with Gasteiger partial charge in [0.05, 0.1) is 22.4 Å². The Morgan fingerprint density at radius 2 is 2.00 bits per heavy atom. The minimum Gasteiger partial charge on any atom is -0.493 e. The Labute approximate surface area is 214 Å². The summed E-state index contributed by atoms with van der Waals surface area (Å²) in [6, 6.07) is 21.4. The lowest BCUT2D eigenvalue weighted by atomic mass is 9.77. The molecule has 4 nitrogen and oxygen atoms in total. The minimum absolute atomic E-state index is 0.200. The maximum Gasteiger partial charge on any atom is 0.175 e. The van der Waals surface area contributed by atoms with Crippen LogP contribution in [0, 0.1) is 21.8 Å². The van der Waals surface area contributed by atoms with Crippen molar-refractivity contribution in [2.24, 2.45) is 10.9 Å². The number of aliphatic imine (C=N–C) groups is 1. The van der Waals surface area contributed by atoms with E-state index in [-0.39, 0.29) is 12.6 Å². The third kappa shape index (κ3) is 4.43. The Bertz CT molecular complexity index is 1290. The van der Waals surface area contributed by atoms with Crippen molar-refractivity contribution in [2.45, 2.75) is 18.4 Å². The van der Waals surface area contributed by atoms with Crippen molar-refractivity contribution < 1.29 is 9.47 Å². The fourth-order valence-corrected chi connectivity index (χ4v) is 5.64. The third-order valence-corrected chi connectivity index (χ3v) is 7.24. The van der Waals surface area contributed by atoms with Crippen LogP contribution in [0.3, 0.4) is 0 Å². The molecule has 0 amide bonds. The number of fused-ring (bicyclic) bond motifs is 3. The predicted molar refractivity (Wildman–Crippen MR) is 147 cm³/mol. The Balaban J connectivity index is 1.34. The van der Waals surface area contributed by atoms with Gasteiger partial charge in [0.1, 0.15) is 6.61 Å². The summed E-state index contributed by atoms with van der Waals surface area (Å²) in [6.07, 6.45) is 12.9. The summed E-state index contributed by atoms with van der Waals surface area (Å²) in [5.74, 6) is 4.80. The zero-order chi connectivity index (χ0) is 23.5. The second-order valence-electron chi connectivity index (χ2n) is 8.44. The number of benzene rings is 3. The summed E-state index contributed by atoms with van der Waals surface area (Å²) >= 11 is 2.22. The quantitative estimate of drug-likeness (QED) is 0.155. The summed E-state index contributed by atoms with van der Waals surface area (Å²) in [5.41, 5.74) is 5.77. The van der Waals surface area contributed by atoms with Crippen LogP contribution in [0.25, 0.3) is 0 Å². The van der Waals surface area contributed by atoms with Gasteiger partial charge in [-0.05, 0) is 82.0 Å². The van der Waals surface area contributed by atoms with E-state index in [0.717, 1.165) is 21.2 Å². The summed E-state index contributed by atoms with van der Waals surface area (Å²) in [7, 11) is 1.62. The van der Waals surface area contributed by atoms with Crippen LogP contribution in [0.4, 0.5) is 11.4 Å². The van der Waals surface area contributed by atoms with Gasteiger partial charge in [-0.25, -0.2) is 0 Å². The van der Waals surface area contributed by atoms with Crippen LogP contribution in [0.15, 0.2) is 77.8 Å². The van der Waals surface area contributed by atoms with E-state index in [1.54, 1.807) is 7.11 Å². The summed E-state index contributed by atoms with van der Waals surface area (Å²) < 4.78 is 12.0. The van der Waals surface area contributed by atoms with Crippen molar-refractivity contribution in [3.8, 4) is 23.8 Å². The number of terminal acetylenes is 1. The first-order valence-electron chi connectivity index (χ1n) is 11.3. The van der Waals surface area contributed by atoms with Crippen LogP contribution in [-0.4, -0.2) is 19.9 Å². The number of halogens is 1. The molecule has 5 heteroatoms. The van der Waals surface area contributed by atoms with Gasteiger partial charge in [0, 0.05) is 17.8 Å². The Hall–Kier alpha value is -3.24. The lowest BCUT2D eigenvalue weighted by Gasteiger charge is -2.37.